The number of sulfone groups is 1. The van der Waals surface area contributed by atoms with Gasteiger partial charge in [-0.25, -0.2) is 21.6 Å². The minimum atomic E-state index is -3.80. The van der Waals surface area contributed by atoms with E-state index in [1.807, 2.05) is 0 Å². The SMILES string of the molecule is Nc1ccc(S(=O)(=O)NC2CCCS(=O)(=O)C2)cc1Cl. The van der Waals surface area contributed by atoms with Crippen molar-refractivity contribution in [1.82, 2.24) is 4.72 Å². The summed E-state index contributed by atoms with van der Waals surface area (Å²) in [4.78, 5) is -0.0281. The van der Waals surface area contributed by atoms with Crippen molar-refractivity contribution in [2.24, 2.45) is 0 Å². The Balaban J connectivity index is 2.21. The van der Waals surface area contributed by atoms with Crippen molar-refractivity contribution in [1.29, 1.82) is 0 Å². The molecule has 0 saturated carbocycles. The Morgan fingerprint density at radius 3 is 2.65 bits per heavy atom. The first-order valence-electron chi connectivity index (χ1n) is 5.97. The Bertz CT molecular complexity index is 716. The van der Waals surface area contributed by atoms with Gasteiger partial charge in [-0.05, 0) is 31.0 Å². The van der Waals surface area contributed by atoms with Gasteiger partial charge < -0.3 is 5.73 Å². The summed E-state index contributed by atoms with van der Waals surface area (Å²) in [6, 6.07) is 3.38. The summed E-state index contributed by atoms with van der Waals surface area (Å²) < 4.78 is 49.8. The van der Waals surface area contributed by atoms with Gasteiger partial charge in [0.15, 0.2) is 9.84 Å². The molecule has 1 saturated heterocycles. The second-order valence-corrected chi connectivity index (χ2v) is 9.11. The molecule has 1 aromatic rings. The molecule has 0 aliphatic carbocycles. The molecule has 1 aromatic carbocycles. The van der Waals surface area contributed by atoms with Crippen LogP contribution in [0, 0.1) is 0 Å². The summed E-state index contributed by atoms with van der Waals surface area (Å²) >= 11 is 5.79. The molecule has 0 radical (unpaired) electrons. The Morgan fingerprint density at radius 1 is 1.35 bits per heavy atom. The van der Waals surface area contributed by atoms with Gasteiger partial charge in [-0.1, -0.05) is 11.6 Å². The van der Waals surface area contributed by atoms with Gasteiger partial charge in [-0.15, -0.1) is 0 Å². The maximum atomic E-state index is 12.2. The van der Waals surface area contributed by atoms with Crippen molar-refractivity contribution in [2.45, 2.75) is 23.8 Å². The van der Waals surface area contributed by atoms with Crippen LogP contribution in [0.2, 0.25) is 5.02 Å². The van der Waals surface area contributed by atoms with Crippen LogP contribution in [0.3, 0.4) is 0 Å². The molecule has 0 amide bonds. The maximum absolute atomic E-state index is 12.2. The van der Waals surface area contributed by atoms with E-state index in [4.69, 9.17) is 17.3 Å². The molecule has 1 fully saturated rings. The van der Waals surface area contributed by atoms with E-state index in [-0.39, 0.29) is 27.1 Å². The second-order valence-electron chi connectivity index (χ2n) is 4.76. The smallest absolute Gasteiger partial charge is 0.240 e. The number of hydrogen-bond acceptors (Lipinski definition) is 5. The minimum Gasteiger partial charge on any atom is -0.398 e. The number of nitrogens with one attached hydrogen (secondary N) is 1. The van der Waals surface area contributed by atoms with Crippen LogP contribution in [0.15, 0.2) is 23.1 Å². The standard InChI is InChI=1S/C11H15ClN2O4S2/c12-10-6-9(3-4-11(10)13)20(17,18)14-8-2-1-5-19(15,16)7-8/h3-4,6,8,14H,1-2,5,7,13H2. The highest BCUT2D eigenvalue weighted by molar-refractivity contribution is 7.91. The average molecular weight is 339 g/mol. The first-order valence-corrected chi connectivity index (χ1v) is 9.66. The molecule has 0 spiro atoms. The summed E-state index contributed by atoms with van der Waals surface area (Å²) in [7, 11) is -6.98. The number of halogens is 1. The Morgan fingerprint density at radius 2 is 2.05 bits per heavy atom. The van der Waals surface area contributed by atoms with Gasteiger partial charge >= 0.3 is 0 Å². The predicted molar refractivity (Wildman–Crippen MR) is 77.9 cm³/mol. The second kappa shape index (κ2) is 5.51. The zero-order valence-electron chi connectivity index (χ0n) is 10.5. The monoisotopic (exact) mass is 338 g/mol. The molecule has 112 valence electrons. The van der Waals surface area contributed by atoms with Gasteiger partial charge in [-0.3, -0.25) is 0 Å². The summed E-state index contributed by atoms with van der Waals surface area (Å²) in [5.74, 6) is -0.0616. The molecule has 20 heavy (non-hydrogen) atoms. The van der Waals surface area contributed by atoms with Crippen LogP contribution in [0.5, 0.6) is 0 Å². The number of anilines is 1. The molecule has 1 atom stereocenters. The van der Waals surface area contributed by atoms with Crippen molar-refractivity contribution < 1.29 is 16.8 Å². The van der Waals surface area contributed by atoms with Crippen molar-refractivity contribution in [2.75, 3.05) is 17.2 Å². The van der Waals surface area contributed by atoms with E-state index >= 15 is 0 Å². The Labute approximate surface area is 123 Å². The molecule has 0 aromatic heterocycles. The number of benzene rings is 1. The molecular weight excluding hydrogens is 324 g/mol. The number of nitrogens with two attached hydrogens (primary N) is 1. The highest BCUT2D eigenvalue weighted by Gasteiger charge is 2.28. The van der Waals surface area contributed by atoms with E-state index in [1.165, 1.54) is 18.2 Å². The topological polar surface area (TPSA) is 106 Å². The van der Waals surface area contributed by atoms with Crippen molar-refractivity contribution in [3.63, 3.8) is 0 Å². The summed E-state index contributed by atoms with van der Waals surface area (Å²) in [5.41, 5.74) is 5.81. The van der Waals surface area contributed by atoms with Gasteiger partial charge in [0.1, 0.15) is 0 Å². The lowest BCUT2D eigenvalue weighted by atomic mass is 10.2. The third-order valence-electron chi connectivity index (χ3n) is 3.07. The zero-order valence-corrected chi connectivity index (χ0v) is 12.9. The summed E-state index contributed by atoms with van der Waals surface area (Å²) in [6.45, 7) is 0. The van der Waals surface area contributed by atoms with Gasteiger partial charge in [0.05, 0.1) is 27.1 Å². The lowest BCUT2D eigenvalue weighted by molar-refractivity contribution is 0.517. The fourth-order valence-corrected chi connectivity index (χ4v) is 5.36. The first kappa shape index (κ1) is 15.6. The van der Waals surface area contributed by atoms with Crippen LogP contribution in [-0.2, 0) is 19.9 Å². The molecule has 1 aliphatic rings. The van der Waals surface area contributed by atoms with Crippen LogP contribution in [0.25, 0.3) is 0 Å². The molecule has 1 unspecified atom stereocenters. The average Bonchev–Trinajstić information content (AvgIpc) is 2.30. The molecular formula is C11H15ClN2O4S2. The van der Waals surface area contributed by atoms with Gasteiger partial charge in [0, 0.05) is 6.04 Å². The molecule has 3 N–H and O–H groups in total. The van der Waals surface area contributed by atoms with E-state index in [1.54, 1.807) is 0 Å². The van der Waals surface area contributed by atoms with Crippen LogP contribution in [0.4, 0.5) is 5.69 Å². The molecule has 6 nitrogen and oxygen atoms in total. The number of hydrogen-bond donors (Lipinski definition) is 2. The molecule has 1 aliphatic heterocycles. The first-order chi connectivity index (χ1) is 9.20. The summed E-state index contributed by atoms with van der Waals surface area (Å²) in [6.07, 6.45) is 0.958. The lowest BCUT2D eigenvalue weighted by Gasteiger charge is -2.22. The number of nitrogen functional groups attached to an aromatic ring is 1. The maximum Gasteiger partial charge on any atom is 0.240 e. The van der Waals surface area contributed by atoms with E-state index < -0.39 is 25.9 Å². The van der Waals surface area contributed by atoms with E-state index in [9.17, 15) is 16.8 Å². The normalized spacial score (nSPS) is 22.6. The van der Waals surface area contributed by atoms with Gasteiger partial charge in [0.2, 0.25) is 10.0 Å². The van der Waals surface area contributed by atoms with Crippen LogP contribution < -0.4 is 10.5 Å². The van der Waals surface area contributed by atoms with Gasteiger partial charge in [-0.2, -0.15) is 0 Å². The van der Waals surface area contributed by atoms with E-state index in [2.05, 4.69) is 4.72 Å². The molecule has 2 rings (SSSR count). The molecule has 0 bridgehead atoms. The van der Waals surface area contributed by atoms with Crippen molar-refractivity contribution in [3.05, 3.63) is 23.2 Å². The molecule has 1 heterocycles. The predicted octanol–water partition coefficient (Wildman–Crippen LogP) is 0.778. The lowest BCUT2D eigenvalue weighted by Crippen LogP contribution is -2.43. The van der Waals surface area contributed by atoms with Crippen LogP contribution in [0.1, 0.15) is 12.8 Å². The van der Waals surface area contributed by atoms with E-state index in [0.29, 0.717) is 12.8 Å². The zero-order chi connectivity index (χ0) is 15.0. The number of sulfonamides is 1. The van der Waals surface area contributed by atoms with Crippen molar-refractivity contribution >= 4 is 37.1 Å². The highest BCUT2D eigenvalue weighted by Crippen LogP contribution is 2.23. The van der Waals surface area contributed by atoms with Crippen molar-refractivity contribution in [3.8, 4) is 0 Å². The third-order valence-corrected chi connectivity index (χ3v) is 6.73. The van der Waals surface area contributed by atoms with Crippen LogP contribution in [-0.4, -0.2) is 34.4 Å². The van der Waals surface area contributed by atoms with Crippen LogP contribution >= 0.6 is 11.6 Å². The summed E-state index contributed by atoms with van der Waals surface area (Å²) in [5, 5.41) is 0.143. The third kappa shape index (κ3) is 3.63. The molecule has 9 heteroatoms. The highest BCUT2D eigenvalue weighted by atomic mass is 35.5. The fourth-order valence-electron chi connectivity index (χ4n) is 2.08. The van der Waals surface area contributed by atoms with E-state index in [0.717, 1.165) is 0 Å². The van der Waals surface area contributed by atoms with Gasteiger partial charge in [0.25, 0.3) is 0 Å². The Kier molecular flexibility index (Phi) is 4.29. The Hall–Kier alpha value is -0.830. The number of rotatable bonds is 3. The minimum absolute atomic E-state index is 0.0281. The quantitative estimate of drug-likeness (QED) is 0.792. The largest absolute Gasteiger partial charge is 0.398 e. The fraction of sp³-hybridized carbons (Fsp3) is 0.455.